The van der Waals surface area contributed by atoms with Gasteiger partial charge in [0.2, 0.25) is 0 Å². The van der Waals surface area contributed by atoms with Gasteiger partial charge in [-0.2, -0.15) is 0 Å². The van der Waals surface area contributed by atoms with Gasteiger partial charge in [0.05, 0.1) is 35.1 Å². The smallest absolute Gasteiger partial charge is 0.171 e. The largest absolute Gasteiger partial charge is 0.379 e. The Hall–Kier alpha value is -1.05. The van der Waals surface area contributed by atoms with Crippen LogP contribution < -0.4 is 4.90 Å². The molecule has 0 bridgehead atoms. The highest BCUT2D eigenvalue weighted by Gasteiger charge is 2.15. The van der Waals surface area contributed by atoms with E-state index < -0.39 is 0 Å². The van der Waals surface area contributed by atoms with E-state index in [1.54, 1.807) is 16.8 Å². The molecule has 1 fully saturated rings. The van der Waals surface area contributed by atoms with Gasteiger partial charge in [-0.05, 0) is 24.6 Å². The standard InChI is InChI=1S/C17H23Cl2N5O.ClH/c1-2-5-23(7-6-22-8-10-25-11-9-22)17-13-24(21-20-17)14-3-4-15(18)16(19)12-14;/h3-4,12-13H,2,5-11H2,1H3;1H. The first kappa shape index (κ1) is 21.3. The van der Waals surface area contributed by atoms with E-state index in [2.05, 4.69) is 27.0 Å². The average Bonchev–Trinajstić information content (AvgIpc) is 3.12. The number of nitrogens with zero attached hydrogens (tertiary/aromatic N) is 5. The van der Waals surface area contributed by atoms with Crippen molar-refractivity contribution in [1.82, 2.24) is 19.9 Å². The summed E-state index contributed by atoms with van der Waals surface area (Å²) in [5, 5.41) is 9.63. The van der Waals surface area contributed by atoms with Gasteiger partial charge in [0.15, 0.2) is 5.82 Å². The predicted molar refractivity (Wildman–Crippen MR) is 108 cm³/mol. The van der Waals surface area contributed by atoms with Crippen LogP contribution in [-0.2, 0) is 4.74 Å². The molecule has 9 heteroatoms. The Morgan fingerprint density at radius 3 is 2.62 bits per heavy atom. The second kappa shape index (κ2) is 10.3. The lowest BCUT2D eigenvalue weighted by atomic mass is 10.3. The Kier molecular flexibility index (Phi) is 8.44. The Balaban J connectivity index is 0.00000243. The molecular weight excluding hydrogens is 397 g/mol. The van der Waals surface area contributed by atoms with Crippen LogP contribution in [0.3, 0.4) is 0 Å². The van der Waals surface area contributed by atoms with Crippen molar-refractivity contribution in [3.8, 4) is 5.69 Å². The Labute approximate surface area is 170 Å². The normalized spacial score (nSPS) is 14.9. The fourth-order valence-electron chi connectivity index (χ4n) is 2.85. The number of benzene rings is 1. The van der Waals surface area contributed by atoms with Gasteiger partial charge >= 0.3 is 0 Å². The maximum absolute atomic E-state index is 6.10. The first-order valence-corrected chi connectivity index (χ1v) is 9.36. The summed E-state index contributed by atoms with van der Waals surface area (Å²) in [6.45, 7) is 8.68. The van der Waals surface area contributed by atoms with Crippen molar-refractivity contribution in [3.05, 3.63) is 34.4 Å². The molecule has 0 saturated carbocycles. The molecule has 0 atom stereocenters. The zero-order valence-electron chi connectivity index (χ0n) is 14.8. The molecule has 1 aliphatic rings. The van der Waals surface area contributed by atoms with Crippen molar-refractivity contribution >= 4 is 41.4 Å². The van der Waals surface area contributed by atoms with Crippen LogP contribution in [0.4, 0.5) is 5.82 Å². The van der Waals surface area contributed by atoms with Gasteiger partial charge in [-0.3, -0.25) is 4.90 Å². The first-order valence-electron chi connectivity index (χ1n) is 8.60. The minimum atomic E-state index is 0. The lowest BCUT2D eigenvalue weighted by molar-refractivity contribution is 0.0391. The number of morpholine rings is 1. The second-order valence-corrected chi connectivity index (χ2v) is 6.88. The van der Waals surface area contributed by atoms with Crippen molar-refractivity contribution in [2.75, 3.05) is 50.8 Å². The molecule has 0 amide bonds. The highest BCUT2D eigenvalue weighted by atomic mass is 35.5. The third-order valence-electron chi connectivity index (χ3n) is 4.26. The molecule has 6 nitrogen and oxygen atoms in total. The van der Waals surface area contributed by atoms with Crippen LogP contribution in [0.25, 0.3) is 5.69 Å². The van der Waals surface area contributed by atoms with Gasteiger partial charge in [0.1, 0.15) is 0 Å². The fraction of sp³-hybridized carbons (Fsp3) is 0.529. The Morgan fingerprint density at radius 1 is 1.15 bits per heavy atom. The maximum atomic E-state index is 6.10. The van der Waals surface area contributed by atoms with E-state index in [1.165, 1.54) is 0 Å². The van der Waals surface area contributed by atoms with E-state index in [0.29, 0.717) is 10.0 Å². The van der Waals surface area contributed by atoms with E-state index in [-0.39, 0.29) is 12.4 Å². The number of hydrogen-bond acceptors (Lipinski definition) is 5. The van der Waals surface area contributed by atoms with Gasteiger partial charge in [-0.25, -0.2) is 4.68 Å². The lowest BCUT2D eigenvalue weighted by Gasteiger charge is -2.29. The first-order chi connectivity index (χ1) is 12.2. The fourth-order valence-corrected chi connectivity index (χ4v) is 3.14. The minimum Gasteiger partial charge on any atom is -0.379 e. The molecule has 0 radical (unpaired) electrons. The summed E-state index contributed by atoms with van der Waals surface area (Å²) in [5.41, 5.74) is 0.845. The van der Waals surface area contributed by atoms with Crippen molar-refractivity contribution in [3.63, 3.8) is 0 Å². The van der Waals surface area contributed by atoms with Gasteiger partial charge in [-0.1, -0.05) is 35.3 Å². The summed E-state index contributed by atoms with van der Waals surface area (Å²) in [7, 11) is 0. The summed E-state index contributed by atoms with van der Waals surface area (Å²) in [6, 6.07) is 5.44. The van der Waals surface area contributed by atoms with Crippen LogP contribution in [-0.4, -0.2) is 65.8 Å². The highest BCUT2D eigenvalue weighted by molar-refractivity contribution is 6.42. The Bertz CT molecular complexity index is 691. The van der Waals surface area contributed by atoms with Crippen molar-refractivity contribution in [2.45, 2.75) is 13.3 Å². The molecule has 1 aromatic heterocycles. The average molecular weight is 421 g/mol. The van der Waals surface area contributed by atoms with Crippen LogP contribution in [0.2, 0.25) is 10.0 Å². The third kappa shape index (κ3) is 5.47. The summed E-state index contributed by atoms with van der Waals surface area (Å²) in [4.78, 5) is 4.70. The zero-order chi connectivity index (χ0) is 17.6. The van der Waals surface area contributed by atoms with Crippen molar-refractivity contribution in [2.24, 2.45) is 0 Å². The van der Waals surface area contributed by atoms with Gasteiger partial charge in [-0.15, -0.1) is 17.5 Å². The summed E-state index contributed by atoms with van der Waals surface area (Å²) in [5.74, 6) is 0.876. The molecule has 0 N–H and O–H groups in total. The van der Waals surface area contributed by atoms with Crippen LogP contribution in [0.15, 0.2) is 24.4 Å². The van der Waals surface area contributed by atoms with E-state index in [9.17, 15) is 0 Å². The summed E-state index contributed by atoms with van der Waals surface area (Å²) in [6.07, 6.45) is 3.00. The molecule has 1 saturated heterocycles. The van der Waals surface area contributed by atoms with Crippen LogP contribution in [0.5, 0.6) is 0 Å². The molecule has 1 aliphatic heterocycles. The SMILES string of the molecule is CCCN(CCN1CCOCC1)c1cn(-c2ccc(Cl)c(Cl)c2)nn1.Cl. The molecule has 2 heterocycles. The molecule has 0 spiro atoms. The number of anilines is 1. The molecule has 3 rings (SSSR count). The third-order valence-corrected chi connectivity index (χ3v) is 5.00. The predicted octanol–water partition coefficient (Wildman–Crippen LogP) is 3.54. The van der Waals surface area contributed by atoms with Crippen LogP contribution in [0, 0.1) is 0 Å². The highest BCUT2D eigenvalue weighted by Crippen LogP contribution is 2.24. The molecule has 2 aromatic rings. The lowest BCUT2D eigenvalue weighted by Crippen LogP contribution is -2.41. The van der Waals surface area contributed by atoms with Crippen LogP contribution >= 0.6 is 35.6 Å². The second-order valence-electron chi connectivity index (χ2n) is 6.06. The molecular formula is C17H24Cl3N5O. The zero-order valence-corrected chi connectivity index (χ0v) is 17.1. The quantitative estimate of drug-likeness (QED) is 0.685. The minimum absolute atomic E-state index is 0. The number of rotatable bonds is 7. The number of halogens is 3. The van der Waals surface area contributed by atoms with Crippen molar-refractivity contribution < 1.29 is 4.74 Å². The number of aromatic nitrogens is 3. The maximum Gasteiger partial charge on any atom is 0.171 e. The van der Waals surface area contributed by atoms with Gasteiger partial charge in [0, 0.05) is 32.7 Å². The molecule has 0 aliphatic carbocycles. The van der Waals surface area contributed by atoms with Gasteiger partial charge in [0.25, 0.3) is 0 Å². The monoisotopic (exact) mass is 419 g/mol. The van der Waals surface area contributed by atoms with Crippen LogP contribution in [0.1, 0.15) is 13.3 Å². The Morgan fingerprint density at radius 2 is 1.92 bits per heavy atom. The number of hydrogen-bond donors (Lipinski definition) is 0. The van der Waals surface area contributed by atoms with E-state index in [0.717, 1.165) is 63.9 Å². The topological polar surface area (TPSA) is 46.4 Å². The molecule has 1 aromatic carbocycles. The van der Waals surface area contributed by atoms with E-state index in [1.807, 2.05) is 12.3 Å². The molecule has 0 unspecified atom stereocenters. The summed E-state index contributed by atoms with van der Waals surface area (Å²) < 4.78 is 7.14. The summed E-state index contributed by atoms with van der Waals surface area (Å²) >= 11 is 12.1. The van der Waals surface area contributed by atoms with E-state index >= 15 is 0 Å². The molecule has 144 valence electrons. The van der Waals surface area contributed by atoms with E-state index in [4.69, 9.17) is 27.9 Å². The van der Waals surface area contributed by atoms with Crippen molar-refractivity contribution in [1.29, 1.82) is 0 Å². The van der Waals surface area contributed by atoms with Gasteiger partial charge < -0.3 is 9.64 Å². The number of ether oxygens (including phenoxy) is 1. The molecule has 26 heavy (non-hydrogen) atoms.